The van der Waals surface area contributed by atoms with Gasteiger partial charge in [0.1, 0.15) is 0 Å². The van der Waals surface area contributed by atoms with Crippen LogP contribution >= 0.6 is 11.6 Å². The van der Waals surface area contributed by atoms with E-state index in [4.69, 9.17) is 16.4 Å². The van der Waals surface area contributed by atoms with Crippen LogP contribution in [0.2, 0.25) is 5.02 Å². The molecule has 0 radical (unpaired) electrons. The monoisotopic (exact) mass is 498 g/mol. The summed E-state index contributed by atoms with van der Waals surface area (Å²) in [4.78, 5) is 24.6. The molecule has 0 N–H and O–H groups in total. The van der Waals surface area contributed by atoms with Crippen molar-refractivity contribution in [3.8, 4) is 0 Å². The van der Waals surface area contributed by atoms with Crippen LogP contribution < -0.4 is 5.06 Å². The number of fused-ring (bicyclic) bond motifs is 1. The van der Waals surface area contributed by atoms with E-state index in [1.807, 2.05) is 24.3 Å². The molecule has 1 fully saturated rings. The molecule has 1 amide bonds. The minimum atomic E-state index is -3.66. The molecule has 34 heavy (non-hydrogen) atoms. The van der Waals surface area contributed by atoms with E-state index >= 15 is 0 Å². The quantitative estimate of drug-likeness (QED) is 0.549. The Morgan fingerprint density at radius 3 is 2.38 bits per heavy atom. The number of pyridine rings is 1. The second-order valence-electron chi connectivity index (χ2n) is 8.16. The normalized spacial score (nSPS) is 19.5. The van der Waals surface area contributed by atoms with Gasteiger partial charge in [0.05, 0.1) is 23.1 Å². The van der Waals surface area contributed by atoms with E-state index in [1.165, 1.54) is 4.31 Å². The van der Waals surface area contributed by atoms with Gasteiger partial charge in [0.25, 0.3) is 0 Å². The first-order valence-corrected chi connectivity index (χ1v) is 12.7. The lowest BCUT2D eigenvalue weighted by atomic mass is 10.1. The maximum Gasteiger partial charge on any atom is 0.243 e. The molecule has 176 valence electrons. The number of amides is 1. The van der Waals surface area contributed by atoms with Crippen molar-refractivity contribution in [2.24, 2.45) is 5.92 Å². The molecular formula is C24H23ClN4O4S. The zero-order chi connectivity index (χ0) is 23.7. The summed E-state index contributed by atoms with van der Waals surface area (Å²) in [7, 11) is -3.66. The van der Waals surface area contributed by atoms with Gasteiger partial charge in [-0.05, 0) is 47.2 Å². The van der Waals surface area contributed by atoms with E-state index in [0.717, 1.165) is 16.5 Å². The molecule has 0 aliphatic carbocycles. The third-order valence-electron chi connectivity index (χ3n) is 6.04. The number of nitrogens with zero attached hydrogens (tertiary/aromatic N) is 4. The fourth-order valence-corrected chi connectivity index (χ4v) is 5.77. The Morgan fingerprint density at radius 2 is 1.68 bits per heavy atom. The SMILES string of the molecule is O=C(C1C=CN(c2ccncc2)OC1)N1CCN(S(=O)(=O)c2ccc3cc(Cl)ccc3c2)CC1. The van der Waals surface area contributed by atoms with Gasteiger partial charge < -0.3 is 4.90 Å². The molecule has 0 spiro atoms. The molecule has 2 aromatic carbocycles. The topological polar surface area (TPSA) is 83.1 Å². The van der Waals surface area contributed by atoms with E-state index in [1.54, 1.807) is 58.9 Å². The molecule has 2 aliphatic rings. The number of rotatable bonds is 4. The number of halogens is 1. The highest BCUT2D eigenvalue weighted by molar-refractivity contribution is 7.89. The van der Waals surface area contributed by atoms with Gasteiger partial charge in [-0.15, -0.1) is 0 Å². The molecule has 5 rings (SSSR count). The van der Waals surface area contributed by atoms with Gasteiger partial charge in [-0.25, -0.2) is 13.5 Å². The largest absolute Gasteiger partial charge is 0.339 e. The molecule has 0 bridgehead atoms. The third-order valence-corrected chi connectivity index (χ3v) is 8.17. The molecule has 8 nitrogen and oxygen atoms in total. The van der Waals surface area contributed by atoms with Crippen LogP contribution in [-0.4, -0.2) is 61.3 Å². The minimum Gasteiger partial charge on any atom is -0.339 e. The summed E-state index contributed by atoms with van der Waals surface area (Å²) in [6, 6.07) is 14.0. The molecule has 1 aromatic heterocycles. The number of hydroxylamine groups is 1. The number of benzene rings is 2. The molecule has 1 unspecified atom stereocenters. The third kappa shape index (κ3) is 4.52. The fourth-order valence-electron chi connectivity index (χ4n) is 4.13. The number of sulfonamides is 1. The van der Waals surface area contributed by atoms with Crippen LogP contribution in [-0.2, 0) is 19.7 Å². The smallest absolute Gasteiger partial charge is 0.243 e. The van der Waals surface area contributed by atoms with Crippen LogP contribution in [0.1, 0.15) is 0 Å². The molecule has 10 heteroatoms. The Morgan fingerprint density at radius 1 is 0.971 bits per heavy atom. The number of piperazine rings is 1. The summed E-state index contributed by atoms with van der Waals surface area (Å²) >= 11 is 6.03. The summed E-state index contributed by atoms with van der Waals surface area (Å²) in [5, 5.41) is 3.90. The van der Waals surface area contributed by atoms with Crippen molar-refractivity contribution >= 4 is 44.0 Å². The van der Waals surface area contributed by atoms with Crippen molar-refractivity contribution < 1.29 is 18.0 Å². The van der Waals surface area contributed by atoms with E-state index in [0.29, 0.717) is 18.1 Å². The van der Waals surface area contributed by atoms with Crippen molar-refractivity contribution in [2.45, 2.75) is 4.90 Å². The lowest BCUT2D eigenvalue weighted by Crippen LogP contribution is -2.52. The second kappa shape index (κ2) is 9.34. The summed E-state index contributed by atoms with van der Waals surface area (Å²) in [6.07, 6.45) is 6.89. The van der Waals surface area contributed by atoms with Crippen LogP contribution in [0.15, 0.2) is 78.1 Å². The summed E-state index contributed by atoms with van der Waals surface area (Å²) in [5.41, 5.74) is 0.827. The molecule has 1 saturated heterocycles. The van der Waals surface area contributed by atoms with Crippen LogP contribution in [0.4, 0.5) is 5.69 Å². The van der Waals surface area contributed by atoms with Crippen LogP contribution in [0.5, 0.6) is 0 Å². The van der Waals surface area contributed by atoms with Gasteiger partial charge in [0, 0.05) is 49.8 Å². The molecule has 2 aliphatic heterocycles. The van der Waals surface area contributed by atoms with E-state index < -0.39 is 15.9 Å². The Hall–Kier alpha value is -2.98. The van der Waals surface area contributed by atoms with Crippen molar-refractivity contribution in [1.82, 2.24) is 14.2 Å². The number of carbonyl (C=O) groups excluding carboxylic acids is 1. The van der Waals surface area contributed by atoms with Crippen molar-refractivity contribution in [3.63, 3.8) is 0 Å². The Balaban J connectivity index is 1.22. The predicted molar refractivity (Wildman–Crippen MR) is 130 cm³/mol. The molecule has 0 saturated carbocycles. The van der Waals surface area contributed by atoms with Crippen LogP contribution in [0, 0.1) is 5.92 Å². The van der Waals surface area contributed by atoms with E-state index in [2.05, 4.69) is 4.98 Å². The predicted octanol–water partition coefficient (Wildman–Crippen LogP) is 3.30. The highest BCUT2D eigenvalue weighted by Gasteiger charge is 2.33. The zero-order valence-corrected chi connectivity index (χ0v) is 19.8. The zero-order valence-electron chi connectivity index (χ0n) is 18.2. The number of hydrogen-bond donors (Lipinski definition) is 0. The average molecular weight is 499 g/mol. The van der Waals surface area contributed by atoms with E-state index in [-0.39, 0.29) is 30.5 Å². The highest BCUT2D eigenvalue weighted by atomic mass is 35.5. The van der Waals surface area contributed by atoms with Gasteiger partial charge >= 0.3 is 0 Å². The molecular weight excluding hydrogens is 476 g/mol. The van der Waals surface area contributed by atoms with Gasteiger partial charge in [0.2, 0.25) is 15.9 Å². The lowest BCUT2D eigenvalue weighted by Gasteiger charge is -2.36. The van der Waals surface area contributed by atoms with Crippen LogP contribution in [0.3, 0.4) is 0 Å². The minimum absolute atomic E-state index is 0.0646. The van der Waals surface area contributed by atoms with Gasteiger partial charge in [-0.1, -0.05) is 29.8 Å². The van der Waals surface area contributed by atoms with Crippen molar-refractivity contribution in [2.75, 3.05) is 37.8 Å². The van der Waals surface area contributed by atoms with E-state index in [9.17, 15) is 13.2 Å². The lowest BCUT2D eigenvalue weighted by molar-refractivity contribution is -0.137. The average Bonchev–Trinajstić information content (AvgIpc) is 2.88. The first-order chi connectivity index (χ1) is 16.4. The summed E-state index contributed by atoms with van der Waals surface area (Å²) in [5.74, 6) is -0.473. The Labute approximate surface area is 203 Å². The first-order valence-electron chi connectivity index (χ1n) is 10.9. The molecule has 3 aromatic rings. The fraction of sp³-hybridized carbons (Fsp3) is 0.250. The summed E-state index contributed by atoms with van der Waals surface area (Å²) < 4.78 is 27.8. The van der Waals surface area contributed by atoms with Gasteiger partial charge in [-0.2, -0.15) is 4.31 Å². The standard InChI is InChI=1S/C24H23ClN4O4S/c25-21-3-1-19-16-23(4-2-18(19)15-21)34(31,32)28-13-11-27(12-14-28)24(30)20-7-10-29(33-17-20)22-5-8-26-9-6-22/h1-10,15-16,20H,11-14,17H2. The number of hydrogen-bond acceptors (Lipinski definition) is 6. The number of aromatic nitrogens is 1. The second-order valence-corrected chi connectivity index (χ2v) is 10.5. The Bertz CT molecular complexity index is 1340. The number of carbonyl (C=O) groups is 1. The Kier molecular flexibility index (Phi) is 6.26. The first kappa shape index (κ1) is 22.8. The highest BCUT2D eigenvalue weighted by Crippen LogP contribution is 2.26. The van der Waals surface area contributed by atoms with Crippen molar-refractivity contribution in [3.05, 3.63) is 78.2 Å². The van der Waals surface area contributed by atoms with Crippen LogP contribution in [0.25, 0.3) is 10.8 Å². The van der Waals surface area contributed by atoms with Gasteiger partial charge in [-0.3, -0.25) is 14.6 Å². The molecule has 3 heterocycles. The number of anilines is 1. The maximum absolute atomic E-state index is 13.2. The maximum atomic E-state index is 13.2. The summed E-state index contributed by atoms with van der Waals surface area (Å²) in [6.45, 7) is 1.37. The molecule has 1 atom stereocenters. The van der Waals surface area contributed by atoms with Gasteiger partial charge in [0.15, 0.2) is 0 Å². The van der Waals surface area contributed by atoms with Crippen molar-refractivity contribution in [1.29, 1.82) is 0 Å².